The average molecular weight is 349 g/mol. The summed E-state index contributed by atoms with van der Waals surface area (Å²) in [5.41, 5.74) is 6.25. The van der Waals surface area contributed by atoms with Crippen LogP contribution in [0.1, 0.15) is 36.6 Å². The van der Waals surface area contributed by atoms with Crippen LogP contribution in [0.5, 0.6) is 0 Å². The summed E-state index contributed by atoms with van der Waals surface area (Å²) in [7, 11) is 0. The highest BCUT2D eigenvalue weighted by Crippen LogP contribution is 2.30. The SMILES string of the molecule is Cc1cccc(NSc2ccc(-c3cccc(C(C)C)c3)c(C)c2)n1. The molecule has 1 heterocycles. The van der Waals surface area contributed by atoms with Crippen LogP contribution in [0.2, 0.25) is 0 Å². The van der Waals surface area contributed by atoms with Gasteiger partial charge in [-0.1, -0.05) is 50.2 Å². The molecule has 0 bridgehead atoms. The van der Waals surface area contributed by atoms with Crippen LogP contribution in [0.3, 0.4) is 0 Å². The van der Waals surface area contributed by atoms with Crippen LogP contribution in [0.15, 0.2) is 65.6 Å². The maximum Gasteiger partial charge on any atom is 0.136 e. The van der Waals surface area contributed by atoms with Crippen molar-refractivity contribution in [2.75, 3.05) is 4.72 Å². The Labute approximate surface area is 154 Å². The van der Waals surface area contributed by atoms with E-state index < -0.39 is 0 Å². The molecule has 0 aliphatic carbocycles. The second-order valence-electron chi connectivity index (χ2n) is 6.63. The van der Waals surface area contributed by atoms with Gasteiger partial charge in [0.2, 0.25) is 0 Å². The molecule has 0 saturated heterocycles. The average Bonchev–Trinajstić information content (AvgIpc) is 2.60. The molecule has 0 unspecified atom stereocenters. The highest BCUT2D eigenvalue weighted by atomic mass is 32.2. The lowest BCUT2D eigenvalue weighted by Gasteiger charge is -2.12. The first-order chi connectivity index (χ1) is 12.0. The first kappa shape index (κ1) is 17.6. The molecule has 0 spiro atoms. The summed E-state index contributed by atoms with van der Waals surface area (Å²) >= 11 is 1.60. The molecule has 0 atom stereocenters. The minimum absolute atomic E-state index is 0.543. The number of hydrogen-bond donors (Lipinski definition) is 1. The van der Waals surface area contributed by atoms with Gasteiger partial charge < -0.3 is 4.72 Å². The van der Waals surface area contributed by atoms with Gasteiger partial charge in [0.05, 0.1) is 0 Å². The van der Waals surface area contributed by atoms with Crippen molar-refractivity contribution in [3.05, 3.63) is 77.5 Å². The van der Waals surface area contributed by atoms with E-state index in [9.17, 15) is 0 Å². The lowest BCUT2D eigenvalue weighted by atomic mass is 9.95. The number of anilines is 1. The normalized spacial score (nSPS) is 10.9. The summed E-state index contributed by atoms with van der Waals surface area (Å²) < 4.78 is 3.32. The van der Waals surface area contributed by atoms with E-state index in [4.69, 9.17) is 0 Å². The first-order valence-electron chi connectivity index (χ1n) is 8.60. The van der Waals surface area contributed by atoms with Crippen molar-refractivity contribution < 1.29 is 0 Å². The van der Waals surface area contributed by atoms with Crippen LogP contribution in [0, 0.1) is 13.8 Å². The zero-order chi connectivity index (χ0) is 17.8. The predicted molar refractivity (Wildman–Crippen MR) is 109 cm³/mol. The van der Waals surface area contributed by atoms with Crippen LogP contribution >= 0.6 is 11.9 Å². The van der Waals surface area contributed by atoms with Gasteiger partial charge in [-0.15, -0.1) is 0 Å². The van der Waals surface area contributed by atoms with E-state index >= 15 is 0 Å². The van der Waals surface area contributed by atoms with E-state index in [0.29, 0.717) is 5.92 Å². The molecule has 0 aliphatic heterocycles. The fourth-order valence-electron chi connectivity index (χ4n) is 2.80. The van der Waals surface area contributed by atoms with Gasteiger partial charge in [-0.05, 0) is 78.2 Å². The lowest BCUT2D eigenvalue weighted by Crippen LogP contribution is -1.93. The van der Waals surface area contributed by atoms with E-state index in [1.165, 1.54) is 27.1 Å². The van der Waals surface area contributed by atoms with Crippen LogP contribution in [0.25, 0.3) is 11.1 Å². The first-order valence-corrected chi connectivity index (χ1v) is 9.42. The molecule has 3 heteroatoms. The zero-order valence-corrected chi connectivity index (χ0v) is 16.0. The summed E-state index contributed by atoms with van der Waals surface area (Å²) in [6.07, 6.45) is 0. The molecular formula is C22H24N2S. The van der Waals surface area contributed by atoms with Crippen molar-refractivity contribution in [3.8, 4) is 11.1 Å². The predicted octanol–water partition coefficient (Wildman–Crippen LogP) is 6.61. The summed E-state index contributed by atoms with van der Waals surface area (Å²) in [4.78, 5) is 5.65. The Morgan fingerprint density at radius 2 is 1.72 bits per heavy atom. The fourth-order valence-corrected chi connectivity index (χ4v) is 3.51. The topological polar surface area (TPSA) is 24.9 Å². The Bertz CT molecular complexity index is 871. The van der Waals surface area contributed by atoms with Gasteiger partial charge in [0, 0.05) is 10.6 Å². The molecular weight excluding hydrogens is 324 g/mol. The van der Waals surface area contributed by atoms with Gasteiger partial charge in [0.1, 0.15) is 5.82 Å². The number of aryl methyl sites for hydroxylation is 2. The van der Waals surface area contributed by atoms with Gasteiger partial charge in [-0.2, -0.15) is 0 Å². The molecule has 0 saturated carbocycles. The van der Waals surface area contributed by atoms with Gasteiger partial charge in [0.15, 0.2) is 0 Å². The molecule has 0 aliphatic rings. The molecule has 0 fully saturated rings. The van der Waals surface area contributed by atoms with Gasteiger partial charge in [0.25, 0.3) is 0 Å². The molecule has 2 nitrogen and oxygen atoms in total. The molecule has 128 valence electrons. The molecule has 0 amide bonds. The van der Waals surface area contributed by atoms with E-state index in [1.807, 2.05) is 25.1 Å². The van der Waals surface area contributed by atoms with Crippen molar-refractivity contribution in [1.82, 2.24) is 4.98 Å². The highest BCUT2D eigenvalue weighted by Gasteiger charge is 2.06. The van der Waals surface area contributed by atoms with Crippen molar-refractivity contribution in [2.24, 2.45) is 0 Å². The second-order valence-corrected chi connectivity index (χ2v) is 7.50. The fraction of sp³-hybridized carbons (Fsp3) is 0.227. The minimum Gasteiger partial charge on any atom is -0.310 e. The van der Waals surface area contributed by atoms with Crippen molar-refractivity contribution in [1.29, 1.82) is 0 Å². The van der Waals surface area contributed by atoms with Gasteiger partial charge >= 0.3 is 0 Å². The molecule has 0 radical (unpaired) electrons. The van der Waals surface area contributed by atoms with E-state index in [0.717, 1.165) is 11.5 Å². The highest BCUT2D eigenvalue weighted by molar-refractivity contribution is 8.00. The Hall–Kier alpha value is -2.26. The number of pyridine rings is 1. The van der Waals surface area contributed by atoms with Crippen LogP contribution in [-0.2, 0) is 0 Å². The third-order valence-corrected chi connectivity index (χ3v) is 5.02. The molecule has 1 N–H and O–H groups in total. The summed E-state index contributed by atoms with van der Waals surface area (Å²) in [6.45, 7) is 8.64. The van der Waals surface area contributed by atoms with Crippen molar-refractivity contribution >= 4 is 17.8 Å². The molecule has 3 aromatic rings. The van der Waals surface area contributed by atoms with Crippen LogP contribution in [-0.4, -0.2) is 4.98 Å². The Balaban J connectivity index is 1.78. The smallest absolute Gasteiger partial charge is 0.136 e. The van der Waals surface area contributed by atoms with E-state index in [-0.39, 0.29) is 0 Å². The maximum atomic E-state index is 4.47. The number of benzene rings is 2. The lowest BCUT2D eigenvalue weighted by molar-refractivity contribution is 0.867. The third-order valence-electron chi connectivity index (χ3n) is 4.22. The van der Waals surface area contributed by atoms with Crippen LogP contribution < -0.4 is 4.72 Å². The number of nitrogens with one attached hydrogen (secondary N) is 1. The largest absolute Gasteiger partial charge is 0.310 e. The van der Waals surface area contributed by atoms with Gasteiger partial charge in [-0.25, -0.2) is 4.98 Å². The Morgan fingerprint density at radius 1 is 0.920 bits per heavy atom. The van der Waals surface area contributed by atoms with Crippen molar-refractivity contribution in [2.45, 2.75) is 38.5 Å². The Morgan fingerprint density at radius 3 is 2.44 bits per heavy atom. The molecule has 2 aromatic carbocycles. The zero-order valence-electron chi connectivity index (χ0n) is 15.2. The van der Waals surface area contributed by atoms with Crippen LogP contribution in [0.4, 0.5) is 5.82 Å². The molecule has 1 aromatic heterocycles. The number of aromatic nitrogens is 1. The number of nitrogens with zero attached hydrogens (tertiary/aromatic N) is 1. The van der Waals surface area contributed by atoms with E-state index in [1.54, 1.807) is 11.9 Å². The second kappa shape index (κ2) is 7.75. The quantitative estimate of drug-likeness (QED) is 0.525. The number of hydrogen-bond acceptors (Lipinski definition) is 3. The van der Waals surface area contributed by atoms with Gasteiger partial charge in [-0.3, -0.25) is 0 Å². The maximum absolute atomic E-state index is 4.47. The standard InChI is InChI=1S/C22H24N2S/c1-15(2)18-8-6-9-19(14-18)21-12-11-20(13-16(21)3)25-24-22-10-5-7-17(4)23-22/h5-15H,1-4H3,(H,23,24). The third kappa shape index (κ3) is 4.43. The Kier molecular flexibility index (Phi) is 5.44. The summed E-state index contributed by atoms with van der Waals surface area (Å²) in [5, 5.41) is 0. The number of rotatable bonds is 5. The monoisotopic (exact) mass is 348 g/mol. The minimum atomic E-state index is 0.543. The van der Waals surface area contributed by atoms with E-state index in [2.05, 4.69) is 72.9 Å². The summed E-state index contributed by atoms with van der Waals surface area (Å²) in [5.74, 6) is 1.43. The summed E-state index contributed by atoms with van der Waals surface area (Å²) in [6, 6.07) is 21.4. The van der Waals surface area contributed by atoms with Crippen molar-refractivity contribution in [3.63, 3.8) is 0 Å². The molecule has 3 rings (SSSR count). The molecule has 25 heavy (non-hydrogen) atoms.